The number of amides is 1. The molecule has 8 nitrogen and oxygen atoms in total. The van der Waals surface area contributed by atoms with E-state index in [1.165, 1.54) is 12.3 Å². The van der Waals surface area contributed by atoms with Crippen molar-refractivity contribution in [2.24, 2.45) is 4.99 Å². The molecule has 3 heterocycles. The summed E-state index contributed by atoms with van der Waals surface area (Å²) in [4.78, 5) is 26.2. The van der Waals surface area contributed by atoms with Gasteiger partial charge in [-0.3, -0.25) is 14.8 Å². The lowest BCUT2D eigenvalue weighted by atomic mass is 10.2. The average Bonchev–Trinajstić information content (AvgIpc) is 3.19. The molecule has 1 atom stereocenters. The summed E-state index contributed by atoms with van der Waals surface area (Å²) in [5, 5.41) is 9.32. The number of aliphatic imine (C=N–C) groups is 1. The lowest BCUT2D eigenvalue weighted by Gasteiger charge is -2.20. The van der Waals surface area contributed by atoms with Gasteiger partial charge in [0, 0.05) is 57.9 Å². The zero-order valence-electron chi connectivity index (χ0n) is 16.1. The van der Waals surface area contributed by atoms with Crippen molar-refractivity contribution in [3.05, 3.63) is 54.2 Å². The number of aromatic nitrogens is 2. The smallest absolute Gasteiger partial charge is 0.252 e. The van der Waals surface area contributed by atoms with Crippen LogP contribution in [0, 0.1) is 5.82 Å². The minimum atomic E-state index is -0.310. The number of pyridine rings is 2. The Hall–Kier alpha value is -2.50. The Balaban J connectivity index is 0.00000300. The maximum atomic E-state index is 13.9. The second-order valence-corrected chi connectivity index (χ2v) is 6.38. The standard InChI is InChI=1S/C19H24FN7O.HI/c1-21-19(25-10-9-24-18(28)14-4-2-7-22-12-14)26-15-6-11-27(13-15)17-16(20)5-3-8-23-17;/h2-5,7-8,12,15H,6,9-11,13H2,1H3,(H,24,28)(H2,21,25,26);1H. The van der Waals surface area contributed by atoms with Crippen LogP contribution in [-0.2, 0) is 0 Å². The van der Waals surface area contributed by atoms with Crippen molar-refractivity contribution in [3.8, 4) is 0 Å². The summed E-state index contributed by atoms with van der Waals surface area (Å²) in [6.07, 6.45) is 5.60. The highest BCUT2D eigenvalue weighted by atomic mass is 127. The fourth-order valence-corrected chi connectivity index (χ4v) is 3.02. The molecular weight excluding hydrogens is 488 g/mol. The van der Waals surface area contributed by atoms with Crippen LogP contribution in [0.2, 0.25) is 0 Å². The van der Waals surface area contributed by atoms with E-state index in [1.54, 1.807) is 37.6 Å². The Kier molecular flexibility index (Phi) is 9.03. The fourth-order valence-electron chi connectivity index (χ4n) is 3.02. The van der Waals surface area contributed by atoms with Crippen molar-refractivity contribution in [1.29, 1.82) is 0 Å². The van der Waals surface area contributed by atoms with Crippen LogP contribution in [0.4, 0.5) is 10.2 Å². The normalized spacial score (nSPS) is 16.1. The molecule has 29 heavy (non-hydrogen) atoms. The van der Waals surface area contributed by atoms with E-state index in [1.807, 2.05) is 4.90 Å². The van der Waals surface area contributed by atoms with Gasteiger partial charge < -0.3 is 20.9 Å². The summed E-state index contributed by atoms with van der Waals surface area (Å²) in [6.45, 7) is 2.34. The average molecular weight is 513 g/mol. The number of hydrogen-bond acceptors (Lipinski definition) is 5. The van der Waals surface area contributed by atoms with Gasteiger partial charge in [-0.25, -0.2) is 9.37 Å². The van der Waals surface area contributed by atoms with E-state index >= 15 is 0 Å². The van der Waals surface area contributed by atoms with Gasteiger partial charge in [0.25, 0.3) is 5.91 Å². The molecule has 10 heteroatoms. The van der Waals surface area contributed by atoms with E-state index in [9.17, 15) is 9.18 Å². The van der Waals surface area contributed by atoms with E-state index in [4.69, 9.17) is 0 Å². The Morgan fingerprint density at radius 1 is 1.28 bits per heavy atom. The van der Waals surface area contributed by atoms with Crippen LogP contribution < -0.4 is 20.9 Å². The SMILES string of the molecule is CN=C(NCCNC(=O)c1cccnc1)NC1CCN(c2ncccc2F)C1.I. The molecule has 1 aliphatic heterocycles. The van der Waals surface area contributed by atoms with Gasteiger partial charge in [0.15, 0.2) is 17.6 Å². The van der Waals surface area contributed by atoms with Crippen LogP contribution >= 0.6 is 24.0 Å². The van der Waals surface area contributed by atoms with E-state index in [-0.39, 0.29) is 41.7 Å². The monoisotopic (exact) mass is 513 g/mol. The van der Waals surface area contributed by atoms with Gasteiger partial charge in [0.1, 0.15) is 0 Å². The Morgan fingerprint density at radius 3 is 2.79 bits per heavy atom. The van der Waals surface area contributed by atoms with Gasteiger partial charge in [-0.15, -0.1) is 24.0 Å². The molecule has 0 radical (unpaired) electrons. The number of carbonyl (C=O) groups excluding carboxylic acids is 1. The molecule has 0 aliphatic carbocycles. The van der Waals surface area contributed by atoms with Crippen LogP contribution in [0.3, 0.4) is 0 Å². The van der Waals surface area contributed by atoms with Gasteiger partial charge in [-0.05, 0) is 30.7 Å². The van der Waals surface area contributed by atoms with Crippen LogP contribution in [0.5, 0.6) is 0 Å². The molecule has 3 N–H and O–H groups in total. The van der Waals surface area contributed by atoms with E-state index < -0.39 is 0 Å². The third-order valence-corrected chi connectivity index (χ3v) is 4.42. The van der Waals surface area contributed by atoms with Crippen molar-refractivity contribution < 1.29 is 9.18 Å². The van der Waals surface area contributed by atoms with Crippen molar-refractivity contribution >= 4 is 41.7 Å². The molecule has 1 amide bonds. The van der Waals surface area contributed by atoms with Crippen LogP contribution in [0.1, 0.15) is 16.8 Å². The first-order valence-corrected chi connectivity index (χ1v) is 9.18. The van der Waals surface area contributed by atoms with Crippen molar-refractivity contribution in [2.75, 3.05) is 38.1 Å². The van der Waals surface area contributed by atoms with Gasteiger partial charge >= 0.3 is 0 Å². The molecular formula is C19H25FIN7O. The Bertz CT molecular complexity index is 821. The van der Waals surface area contributed by atoms with Crippen molar-refractivity contribution in [1.82, 2.24) is 25.9 Å². The second kappa shape index (κ2) is 11.5. The molecule has 156 valence electrons. The van der Waals surface area contributed by atoms with E-state index in [0.29, 0.717) is 37.0 Å². The highest BCUT2D eigenvalue weighted by Crippen LogP contribution is 2.20. The van der Waals surface area contributed by atoms with Gasteiger partial charge in [-0.2, -0.15) is 0 Å². The van der Waals surface area contributed by atoms with E-state index in [0.717, 1.165) is 13.0 Å². The molecule has 0 aromatic carbocycles. The molecule has 1 saturated heterocycles. The maximum Gasteiger partial charge on any atom is 0.252 e. The molecule has 1 unspecified atom stereocenters. The highest BCUT2D eigenvalue weighted by Gasteiger charge is 2.25. The predicted molar refractivity (Wildman–Crippen MR) is 121 cm³/mol. The largest absolute Gasteiger partial charge is 0.355 e. The van der Waals surface area contributed by atoms with Crippen LogP contribution in [0.15, 0.2) is 47.8 Å². The Labute approximate surface area is 186 Å². The first-order valence-electron chi connectivity index (χ1n) is 9.18. The number of anilines is 1. The first-order chi connectivity index (χ1) is 13.7. The minimum Gasteiger partial charge on any atom is -0.355 e. The van der Waals surface area contributed by atoms with Gasteiger partial charge in [-0.1, -0.05) is 0 Å². The minimum absolute atomic E-state index is 0. The predicted octanol–water partition coefficient (Wildman–Crippen LogP) is 1.41. The summed E-state index contributed by atoms with van der Waals surface area (Å²) in [5.74, 6) is 0.550. The van der Waals surface area contributed by atoms with Crippen molar-refractivity contribution in [3.63, 3.8) is 0 Å². The topological polar surface area (TPSA) is 94.5 Å². The van der Waals surface area contributed by atoms with Crippen molar-refractivity contribution in [2.45, 2.75) is 12.5 Å². The number of rotatable bonds is 6. The summed E-state index contributed by atoms with van der Waals surface area (Å²) < 4.78 is 13.9. The molecule has 1 aliphatic rings. The first kappa shape index (κ1) is 22.8. The highest BCUT2D eigenvalue weighted by molar-refractivity contribution is 14.0. The lowest BCUT2D eigenvalue weighted by Crippen LogP contribution is -2.46. The number of nitrogens with zero attached hydrogens (tertiary/aromatic N) is 4. The lowest BCUT2D eigenvalue weighted by molar-refractivity contribution is 0.0954. The molecule has 0 spiro atoms. The number of carbonyl (C=O) groups is 1. The number of hydrogen-bond donors (Lipinski definition) is 3. The summed E-state index contributed by atoms with van der Waals surface area (Å²) >= 11 is 0. The third-order valence-electron chi connectivity index (χ3n) is 4.42. The summed E-state index contributed by atoms with van der Waals surface area (Å²) in [5.41, 5.74) is 0.526. The van der Waals surface area contributed by atoms with Gasteiger partial charge in [0.2, 0.25) is 0 Å². The van der Waals surface area contributed by atoms with Crippen LogP contribution in [0.25, 0.3) is 0 Å². The molecule has 1 fully saturated rings. The number of halogens is 2. The summed E-state index contributed by atoms with van der Waals surface area (Å²) in [6, 6.07) is 6.58. The molecule has 0 bridgehead atoms. The number of nitrogens with one attached hydrogen (secondary N) is 3. The fraction of sp³-hybridized carbons (Fsp3) is 0.368. The molecule has 0 saturated carbocycles. The number of guanidine groups is 1. The second-order valence-electron chi connectivity index (χ2n) is 6.38. The molecule has 2 aromatic heterocycles. The Morgan fingerprint density at radius 2 is 2.07 bits per heavy atom. The van der Waals surface area contributed by atoms with Gasteiger partial charge in [0.05, 0.1) is 5.56 Å². The molecule has 3 rings (SSSR count). The third kappa shape index (κ3) is 6.51. The molecule has 2 aromatic rings. The van der Waals surface area contributed by atoms with E-state index in [2.05, 4.69) is 30.9 Å². The zero-order valence-corrected chi connectivity index (χ0v) is 18.5. The summed E-state index contributed by atoms with van der Waals surface area (Å²) in [7, 11) is 1.69. The quantitative estimate of drug-likeness (QED) is 0.234. The maximum absolute atomic E-state index is 13.9. The zero-order chi connectivity index (χ0) is 19.8. The van der Waals surface area contributed by atoms with Crippen LogP contribution in [-0.4, -0.2) is 61.1 Å².